The molecule has 1 spiro atoms. The van der Waals surface area contributed by atoms with E-state index in [1.54, 1.807) is 12.1 Å². The molecule has 0 bridgehead atoms. The van der Waals surface area contributed by atoms with Crippen molar-refractivity contribution in [2.24, 2.45) is 0 Å². The Morgan fingerprint density at radius 1 is 1.20 bits per heavy atom. The molecule has 2 aliphatic rings. The van der Waals surface area contributed by atoms with Crippen LogP contribution in [0.25, 0.3) is 0 Å². The number of benzene rings is 1. The molecule has 3 rings (SSSR count). The van der Waals surface area contributed by atoms with E-state index in [-0.39, 0.29) is 23.3 Å². The molecular formula is C17H25NO6S. The van der Waals surface area contributed by atoms with Crippen molar-refractivity contribution in [1.82, 2.24) is 4.72 Å². The minimum absolute atomic E-state index is 0.0714. The van der Waals surface area contributed by atoms with Crippen LogP contribution >= 0.6 is 0 Å². The van der Waals surface area contributed by atoms with Crippen LogP contribution in [-0.2, 0) is 19.5 Å². The summed E-state index contributed by atoms with van der Waals surface area (Å²) in [4.78, 5) is 0.0714. The van der Waals surface area contributed by atoms with Crippen LogP contribution in [0, 0.1) is 0 Å². The van der Waals surface area contributed by atoms with Gasteiger partial charge < -0.3 is 18.9 Å². The van der Waals surface area contributed by atoms with E-state index in [0.29, 0.717) is 12.4 Å². The highest BCUT2D eigenvalue weighted by atomic mass is 32.2. The molecule has 1 heterocycles. The number of ether oxygens (including phenoxy) is 4. The molecule has 1 saturated heterocycles. The lowest BCUT2D eigenvalue weighted by Crippen LogP contribution is -2.37. The summed E-state index contributed by atoms with van der Waals surface area (Å²) < 4.78 is 49.9. The van der Waals surface area contributed by atoms with Gasteiger partial charge in [-0.2, -0.15) is 0 Å². The zero-order valence-corrected chi connectivity index (χ0v) is 15.4. The van der Waals surface area contributed by atoms with Crippen molar-refractivity contribution in [2.45, 2.75) is 48.9 Å². The van der Waals surface area contributed by atoms with Crippen LogP contribution in [0.3, 0.4) is 0 Å². The molecule has 1 atom stereocenters. The zero-order valence-electron chi connectivity index (χ0n) is 14.6. The number of hydrogen-bond donors (Lipinski definition) is 1. The fraction of sp³-hybridized carbons (Fsp3) is 0.647. The third-order valence-electron chi connectivity index (χ3n) is 4.69. The van der Waals surface area contributed by atoms with Gasteiger partial charge in [0.25, 0.3) is 0 Å². The Bertz CT molecular complexity index is 699. The van der Waals surface area contributed by atoms with Gasteiger partial charge in [0.05, 0.1) is 26.9 Å². The van der Waals surface area contributed by atoms with Crippen LogP contribution in [0.15, 0.2) is 23.1 Å². The van der Waals surface area contributed by atoms with Crippen molar-refractivity contribution in [3.05, 3.63) is 18.2 Å². The van der Waals surface area contributed by atoms with Crippen molar-refractivity contribution in [1.29, 1.82) is 0 Å². The lowest BCUT2D eigenvalue weighted by Gasteiger charge is -2.31. The lowest BCUT2D eigenvalue weighted by molar-refractivity contribution is -0.186. The van der Waals surface area contributed by atoms with E-state index in [0.717, 1.165) is 25.7 Å². The molecule has 0 amide bonds. The summed E-state index contributed by atoms with van der Waals surface area (Å²) >= 11 is 0. The SMILES string of the molecule is COc1ccc(S(=O)(=O)NC[C@H]2COC3(CCCCC3)O2)c(OC)c1. The van der Waals surface area contributed by atoms with Gasteiger partial charge in [0.2, 0.25) is 10.0 Å². The van der Waals surface area contributed by atoms with E-state index < -0.39 is 15.8 Å². The largest absolute Gasteiger partial charge is 0.497 e. The second-order valence-electron chi connectivity index (χ2n) is 6.39. The number of methoxy groups -OCH3 is 2. The fourth-order valence-corrected chi connectivity index (χ4v) is 4.56. The monoisotopic (exact) mass is 371 g/mol. The second-order valence-corrected chi connectivity index (χ2v) is 8.13. The van der Waals surface area contributed by atoms with Gasteiger partial charge in [0.1, 0.15) is 16.4 Å². The van der Waals surface area contributed by atoms with Crippen LogP contribution in [0.1, 0.15) is 32.1 Å². The van der Waals surface area contributed by atoms with E-state index in [4.69, 9.17) is 18.9 Å². The summed E-state index contributed by atoms with van der Waals surface area (Å²) in [5, 5.41) is 0. The molecule has 0 unspecified atom stereocenters. The van der Waals surface area contributed by atoms with Gasteiger partial charge in [-0.25, -0.2) is 13.1 Å². The van der Waals surface area contributed by atoms with Gasteiger partial charge in [-0.3, -0.25) is 0 Å². The van der Waals surface area contributed by atoms with E-state index in [9.17, 15) is 8.42 Å². The molecule has 8 heteroatoms. The quantitative estimate of drug-likeness (QED) is 0.824. The molecule has 1 aromatic rings. The third-order valence-corrected chi connectivity index (χ3v) is 6.15. The lowest BCUT2D eigenvalue weighted by atomic mass is 9.94. The Morgan fingerprint density at radius 3 is 2.64 bits per heavy atom. The minimum Gasteiger partial charge on any atom is -0.497 e. The van der Waals surface area contributed by atoms with Crippen LogP contribution in [0.4, 0.5) is 0 Å². The molecule has 140 valence electrons. The Hall–Kier alpha value is -1.35. The molecule has 1 saturated carbocycles. The molecule has 7 nitrogen and oxygen atoms in total. The summed E-state index contributed by atoms with van der Waals surface area (Å²) in [6, 6.07) is 4.60. The number of sulfonamides is 1. The minimum atomic E-state index is -3.72. The van der Waals surface area contributed by atoms with Gasteiger partial charge in [0.15, 0.2) is 5.79 Å². The molecule has 25 heavy (non-hydrogen) atoms. The molecular weight excluding hydrogens is 346 g/mol. The average molecular weight is 371 g/mol. The highest BCUT2D eigenvalue weighted by Gasteiger charge is 2.42. The predicted octanol–water partition coefficient (Wildman–Crippen LogP) is 2.06. The summed E-state index contributed by atoms with van der Waals surface area (Å²) in [5.74, 6) is 0.258. The number of nitrogens with one attached hydrogen (secondary N) is 1. The van der Waals surface area contributed by atoms with Crippen LogP contribution in [0.5, 0.6) is 11.5 Å². The first-order chi connectivity index (χ1) is 12.0. The Balaban J connectivity index is 1.64. The third kappa shape index (κ3) is 4.08. The summed E-state index contributed by atoms with van der Waals surface area (Å²) in [6.07, 6.45) is 4.84. The Kier molecular flexibility index (Phi) is 5.52. The van der Waals surface area contributed by atoms with Crippen LogP contribution in [-0.4, -0.2) is 47.7 Å². The van der Waals surface area contributed by atoms with Crippen molar-refractivity contribution < 1.29 is 27.4 Å². The van der Waals surface area contributed by atoms with E-state index in [1.165, 1.54) is 26.7 Å². The highest BCUT2D eigenvalue weighted by molar-refractivity contribution is 7.89. The van der Waals surface area contributed by atoms with Gasteiger partial charge >= 0.3 is 0 Å². The van der Waals surface area contributed by atoms with E-state index in [1.807, 2.05) is 0 Å². The number of hydrogen-bond acceptors (Lipinski definition) is 6. The first kappa shape index (κ1) is 18.4. The first-order valence-electron chi connectivity index (χ1n) is 8.51. The first-order valence-corrected chi connectivity index (χ1v) is 10.00. The highest BCUT2D eigenvalue weighted by Crippen LogP contribution is 2.37. The molecule has 2 fully saturated rings. The topological polar surface area (TPSA) is 83.1 Å². The van der Waals surface area contributed by atoms with Crippen molar-refractivity contribution in [2.75, 3.05) is 27.4 Å². The van der Waals surface area contributed by atoms with Crippen LogP contribution in [0.2, 0.25) is 0 Å². The summed E-state index contributed by atoms with van der Waals surface area (Å²) in [6.45, 7) is 0.571. The Labute approximate surface area is 148 Å². The standard InChI is InChI=1S/C17H25NO6S/c1-21-13-6-7-16(15(10-13)22-2)25(19,20)18-11-14-12-23-17(24-14)8-4-3-5-9-17/h6-7,10,14,18H,3-5,8-9,11-12H2,1-2H3/t14-/m0/s1. The zero-order chi connectivity index (χ0) is 17.9. The van der Waals surface area contributed by atoms with Crippen molar-refractivity contribution in [3.8, 4) is 11.5 Å². The average Bonchev–Trinajstić information content (AvgIpc) is 3.02. The molecule has 1 aliphatic heterocycles. The van der Waals surface area contributed by atoms with Gasteiger partial charge in [-0.05, 0) is 25.0 Å². The molecule has 0 radical (unpaired) electrons. The van der Waals surface area contributed by atoms with Crippen LogP contribution < -0.4 is 14.2 Å². The van der Waals surface area contributed by atoms with E-state index in [2.05, 4.69) is 4.72 Å². The molecule has 1 N–H and O–H groups in total. The van der Waals surface area contributed by atoms with Crippen molar-refractivity contribution in [3.63, 3.8) is 0 Å². The number of rotatable bonds is 6. The van der Waals surface area contributed by atoms with Gasteiger partial charge in [0, 0.05) is 25.5 Å². The molecule has 0 aromatic heterocycles. The van der Waals surface area contributed by atoms with E-state index >= 15 is 0 Å². The smallest absolute Gasteiger partial charge is 0.244 e. The predicted molar refractivity (Wildman–Crippen MR) is 91.4 cm³/mol. The Morgan fingerprint density at radius 2 is 1.96 bits per heavy atom. The maximum absolute atomic E-state index is 12.6. The molecule has 1 aliphatic carbocycles. The second kappa shape index (κ2) is 7.49. The summed E-state index contributed by atoms with van der Waals surface area (Å²) in [5.41, 5.74) is 0. The van der Waals surface area contributed by atoms with Gasteiger partial charge in [-0.15, -0.1) is 0 Å². The van der Waals surface area contributed by atoms with Gasteiger partial charge in [-0.1, -0.05) is 6.42 Å². The van der Waals surface area contributed by atoms with Crippen molar-refractivity contribution >= 4 is 10.0 Å². The normalized spacial score (nSPS) is 22.9. The fourth-order valence-electron chi connectivity index (χ4n) is 3.35. The maximum Gasteiger partial charge on any atom is 0.244 e. The maximum atomic E-state index is 12.6. The summed E-state index contributed by atoms with van der Waals surface area (Å²) in [7, 11) is -0.785. The molecule has 1 aromatic carbocycles.